The average Bonchev–Trinajstić information content (AvgIpc) is 2.29. The van der Waals surface area contributed by atoms with Crippen molar-refractivity contribution in [3.63, 3.8) is 0 Å². The minimum absolute atomic E-state index is 0.263. The molecule has 0 aromatic carbocycles. The van der Waals surface area contributed by atoms with Gasteiger partial charge in [0.15, 0.2) is 0 Å². The Balaban J connectivity index is 2.51. The second-order valence-electron chi connectivity index (χ2n) is 5.32. The highest BCUT2D eigenvalue weighted by molar-refractivity contribution is 7.86. The van der Waals surface area contributed by atoms with E-state index in [2.05, 4.69) is 20.8 Å². The van der Waals surface area contributed by atoms with Crippen LogP contribution in [-0.2, 0) is 10.2 Å². The summed E-state index contributed by atoms with van der Waals surface area (Å²) in [5, 5.41) is 5.06. The van der Waals surface area contributed by atoms with Crippen molar-refractivity contribution in [1.29, 1.82) is 0 Å². The molecule has 0 saturated carbocycles. The molecule has 4 nitrogen and oxygen atoms in total. The first-order chi connectivity index (χ1) is 6.18. The monoisotopic (exact) mass is 220 g/mol. The lowest BCUT2D eigenvalue weighted by Crippen LogP contribution is -2.35. The van der Waals surface area contributed by atoms with Gasteiger partial charge in [0.25, 0.3) is 10.2 Å². The van der Waals surface area contributed by atoms with E-state index in [1.54, 1.807) is 0 Å². The van der Waals surface area contributed by atoms with Crippen LogP contribution in [0.3, 0.4) is 0 Å². The van der Waals surface area contributed by atoms with E-state index >= 15 is 0 Å². The summed E-state index contributed by atoms with van der Waals surface area (Å²) in [5.74, 6) is 0.466. The lowest BCUT2D eigenvalue weighted by Gasteiger charge is -2.22. The summed E-state index contributed by atoms with van der Waals surface area (Å²) < 4.78 is 23.5. The maximum atomic E-state index is 11.0. The third-order valence-electron chi connectivity index (χ3n) is 2.51. The quantitative estimate of drug-likeness (QED) is 0.753. The van der Waals surface area contributed by atoms with Crippen LogP contribution in [0, 0.1) is 11.3 Å². The number of rotatable bonds is 2. The molecule has 0 radical (unpaired) electrons. The van der Waals surface area contributed by atoms with Crippen LogP contribution in [0.1, 0.15) is 33.6 Å². The fourth-order valence-electron chi connectivity index (χ4n) is 2.06. The Bertz CT molecular complexity index is 292. The summed E-state index contributed by atoms with van der Waals surface area (Å²) in [6.45, 7) is 7.70. The predicted molar refractivity (Wildman–Crippen MR) is 56.9 cm³/mol. The van der Waals surface area contributed by atoms with Gasteiger partial charge in [0, 0.05) is 13.1 Å². The lowest BCUT2D eigenvalue weighted by atomic mass is 9.84. The Labute approximate surface area is 86.6 Å². The van der Waals surface area contributed by atoms with Crippen molar-refractivity contribution >= 4 is 10.2 Å². The molecule has 0 aromatic rings. The van der Waals surface area contributed by atoms with Gasteiger partial charge < -0.3 is 0 Å². The predicted octanol–water partition coefficient (Wildman–Crippen LogP) is 0.948. The molecule has 1 fully saturated rings. The second kappa shape index (κ2) is 3.79. The van der Waals surface area contributed by atoms with Crippen molar-refractivity contribution in [2.24, 2.45) is 16.5 Å². The molecule has 0 aliphatic carbocycles. The van der Waals surface area contributed by atoms with Crippen LogP contribution in [0.2, 0.25) is 0 Å². The minimum atomic E-state index is -3.46. The molecule has 14 heavy (non-hydrogen) atoms. The smallest absolute Gasteiger partial charge is 0.216 e. The molecule has 0 spiro atoms. The Morgan fingerprint density at radius 2 is 2.00 bits per heavy atom. The zero-order valence-corrected chi connectivity index (χ0v) is 9.97. The fourth-order valence-corrected chi connectivity index (χ4v) is 2.84. The van der Waals surface area contributed by atoms with Crippen molar-refractivity contribution in [3.05, 3.63) is 0 Å². The van der Waals surface area contributed by atoms with Crippen molar-refractivity contribution in [3.8, 4) is 0 Å². The standard InChI is InChI=1S/C9H20N2O2S/c1-9(2,3)6-8-4-5-11(7-8)14(10,12)13/h8H,4-7H2,1-3H3,(H2,10,12,13). The van der Waals surface area contributed by atoms with Crippen LogP contribution in [-0.4, -0.2) is 25.8 Å². The van der Waals surface area contributed by atoms with Crippen LogP contribution in [0.25, 0.3) is 0 Å². The van der Waals surface area contributed by atoms with Gasteiger partial charge in [-0.2, -0.15) is 12.7 Å². The van der Waals surface area contributed by atoms with Crippen molar-refractivity contribution in [2.45, 2.75) is 33.6 Å². The molecule has 0 aromatic heterocycles. The van der Waals surface area contributed by atoms with Crippen LogP contribution in [0.15, 0.2) is 0 Å². The molecular weight excluding hydrogens is 200 g/mol. The van der Waals surface area contributed by atoms with E-state index in [0.29, 0.717) is 19.0 Å². The third-order valence-corrected chi connectivity index (χ3v) is 3.56. The number of hydrogen-bond donors (Lipinski definition) is 1. The largest absolute Gasteiger partial charge is 0.276 e. The van der Waals surface area contributed by atoms with Gasteiger partial charge in [-0.3, -0.25) is 0 Å². The minimum Gasteiger partial charge on any atom is -0.216 e. The maximum Gasteiger partial charge on any atom is 0.276 e. The molecule has 1 aliphatic heterocycles. The molecular formula is C9H20N2O2S. The highest BCUT2D eigenvalue weighted by atomic mass is 32.2. The van der Waals surface area contributed by atoms with E-state index in [-0.39, 0.29) is 5.41 Å². The Hall–Kier alpha value is -0.130. The van der Waals surface area contributed by atoms with Crippen LogP contribution >= 0.6 is 0 Å². The molecule has 1 aliphatic rings. The topological polar surface area (TPSA) is 63.4 Å². The van der Waals surface area contributed by atoms with E-state index in [1.807, 2.05) is 0 Å². The van der Waals surface area contributed by atoms with E-state index in [0.717, 1.165) is 12.8 Å². The number of nitrogens with two attached hydrogens (primary N) is 1. The second-order valence-corrected chi connectivity index (χ2v) is 6.87. The van der Waals surface area contributed by atoms with E-state index in [1.165, 1.54) is 4.31 Å². The SMILES string of the molecule is CC(C)(C)CC1CCN(S(N)(=O)=O)C1. The maximum absolute atomic E-state index is 11.0. The number of nitrogens with zero attached hydrogens (tertiary/aromatic N) is 1. The van der Waals surface area contributed by atoms with Gasteiger partial charge in [0.2, 0.25) is 0 Å². The molecule has 1 atom stereocenters. The van der Waals surface area contributed by atoms with Crippen LogP contribution < -0.4 is 5.14 Å². The van der Waals surface area contributed by atoms with E-state index in [4.69, 9.17) is 5.14 Å². The van der Waals surface area contributed by atoms with Crippen LogP contribution in [0.4, 0.5) is 0 Å². The van der Waals surface area contributed by atoms with Gasteiger partial charge in [-0.25, -0.2) is 5.14 Å². The summed E-state index contributed by atoms with van der Waals surface area (Å²) in [6.07, 6.45) is 1.99. The first-order valence-corrected chi connectivity index (χ1v) is 6.47. The molecule has 0 bridgehead atoms. The number of hydrogen-bond acceptors (Lipinski definition) is 2. The summed E-state index contributed by atoms with van der Waals surface area (Å²) in [5.41, 5.74) is 0.263. The third kappa shape index (κ3) is 3.55. The Morgan fingerprint density at radius 1 is 1.43 bits per heavy atom. The summed E-state index contributed by atoms with van der Waals surface area (Å²) in [6, 6.07) is 0. The Morgan fingerprint density at radius 3 is 2.36 bits per heavy atom. The molecule has 1 unspecified atom stereocenters. The highest BCUT2D eigenvalue weighted by Gasteiger charge is 2.31. The molecule has 84 valence electrons. The molecule has 0 amide bonds. The van der Waals surface area contributed by atoms with Gasteiger partial charge >= 0.3 is 0 Å². The molecule has 1 rings (SSSR count). The zero-order valence-electron chi connectivity index (χ0n) is 9.16. The fraction of sp³-hybridized carbons (Fsp3) is 1.00. The van der Waals surface area contributed by atoms with Crippen molar-refractivity contribution in [2.75, 3.05) is 13.1 Å². The van der Waals surface area contributed by atoms with Crippen molar-refractivity contribution in [1.82, 2.24) is 4.31 Å². The highest BCUT2D eigenvalue weighted by Crippen LogP contribution is 2.30. The normalized spacial score (nSPS) is 25.6. The summed E-state index contributed by atoms with van der Waals surface area (Å²) in [7, 11) is -3.46. The molecule has 5 heteroatoms. The summed E-state index contributed by atoms with van der Waals surface area (Å²) in [4.78, 5) is 0. The molecule has 1 heterocycles. The van der Waals surface area contributed by atoms with E-state index in [9.17, 15) is 8.42 Å². The average molecular weight is 220 g/mol. The van der Waals surface area contributed by atoms with Gasteiger partial charge in [0.1, 0.15) is 0 Å². The summed E-state index contributed by atoms with van der Waals surface area (Å²) >= 11 is 0. The first-order valence-electron chi connectivity index (χ1n) is 4.96. The van der Waals surface area contributed by atoms with Crippen LogP contribution in [0.5, 0.6) is 0 Å². The van der Waals surface area contributed by atoms with Gasteiger partial charge in [0.05, 0.1) is 0 Å². The molecule has 1 saturated heterocycles. The van der Waals surface area contributed by atoms with Gasteiger partial charge in [-0.05, 0) is 24.2 Å². The lowest BCUT2D eigenvalue weighted by molar-refractivity contribution is 0.299. The Kier molecular flexibility index (Phi) is 3.23. The zero-order chi connectivity index (χ0) is 11.0. The van der Waals surface area contributed by atoms with E-state index < -0.39 is 10.2 Å². The van der Waals surface area contributed by atoms with Gasteiger partial charge in [-0.15, -0.1) is 0 Å². The first kappa shape index (κ1) is 11.9. The molecule has 2 N–H and O–H groups in total. The van der Waals surface area contributed by atoms with Crippen molar-refractivity contribution < 1.29 is 8.42 Å². The van der Waals surface area contributed by atoms with Gasteiger partial charge in [-0.1, -0.05) is 20.8 Å².